The Morgan fingerprint density at radius 3 is 2.59 bits per heavy atom. The maximum absolute atomic E-state index is 12.3. The summed E-state index contributed by atoms with van der Waals surface area (Å²) in [5.74, 6) is 4.47. The molecule has 11 atom stereocenters. The molecule has 1 aromatic rings. The third kappa shape index (κ3) is 3.67. The Labute approximate surface area is 206 Å². The minimum absolute atomic E-state index is 0.156. The van der Waals surface area contributed by atoms with Crippen molar-refractivity contribution < 1.29 is 14.6 Å². The lowest BCUT2D eigenvalue weighted by Gasteiger charge is -2.65. The first-order valence-electron chi connectivity index (χ1n) is 14.0. The fraction of sp³-hybridized carbons (Fsp3) is 0.862. The summed E-state index contributed by atoms with van der Waals surface area (Å²) in [4.78, 5) is 16.3. The van der Waals surface area contributed by atoms with Gasteiger partial charge in [0.1, 0.15) is 6.33 Å². The lowest BCUT2D eigenvalue weighted by Crippen LogP contribution is -2.61. The molecule has 0 aliphatic heterocycles. The zero-order valence-corrected chi connectivity index (χ0v) is 22.0. The number of aromatic nitrogens is 2. The number of hydrogen-bond donors (Lipinski definition) is 1. The predicted octanol–water partition coefficient (Wildman–Crippen LogP) is 6.41. The summed E-state index contributed by atoms with van der Waals surface area (Å²) in [6, 6.07) is 0. The number of carbonyl (C=O) groups excluding carboxylic acids is 1. The molecule has 0 saturated heterocycles. The van der Waals surface area contributed by atoms with E-state index in [1.807, 2.05) is 0 Å². The highest BCUT2D eigenvalue weighted by molar-refractivity contribution is 5.69. The fourth-order valence-electron chi connectivity index (χ4n) is 9.91. The van der Waals surface area contributed by atoms with Crippen LogP contribution in [0, 0.1) is 58.2 Å². The molecular formula is C29H46N2O3. The monoisotopic (exact) mass is 470 g/mol. The van der Waals surface area contributed by atoms with Gasteiger partial charge >= 0.3 is 6.09 Å². The highest BCUT2D eigenvalue weighted by Gasteiger charge is 2.64. The van der Waals surface area contributed by atoms with Gasteiger partial charge in [-0.25, -0.2) is 14.3 Å². The maximum atomic E-state index is 12.3. The standard InChI is InChI=1S/C29H46N2O3/c1-6-20-24-15-18(2)9-11-29(24,5)23-10-12-28(4)21(7-8-22(28)25(23)26(20)32)19(3)16-34-27(33)31-14-13-30-17-31/h13-14,17-26,32H,6-12,15-16H2,1-5H3/t18-,19-,20-,21-,22+,23+,24+,25+,26-,28-,29-/m1/s1. The lowest BCUT2D eigenvalue weighted by atomic mass is 9.41. The normalized spacial score (nSPS) is 46.8. The van der Waals surface area contributed by atoms with Gasteiger partial charge in [-0.05, 0) is 96.7 Å². The van der Waals surface area contributed by atoms with Crippen LogP contribution in [0.5, 0.6) is 0 Å². The third-order valence-electron chi connectivity index (χ3n) is 11.6. The van der Waals surface area contributed by atoms with Crippen molar-refractivity contribution in [2.75, 3.05) is 6.61 Å². The summed E-state index contributed by atoms with van der Waals surface area (Å²) >= 11 is 0. The number of aliphatic hydroxyl groups excluding tert-OH is 1. The van der Waals surface area contributed by atoms with Crippen LogP contribution < -0.4 is 0 Å². The van der Waals surface area contributed by atoms with Crippen molar-refractivity contribution in [2.45, 2.75) is 92.1 Å². The quantitative estimate of drug-likeness (QED) is 0.552. The Kier molecular flexibility index (Phi) is 6.40. The molecule has 34 heavy (non-hydrogen) atoms. The van der Waals surface area contributed by atoms with Crippen LogP contribution in [0.15, 0.2) is 18.7 Å². The molecule has 0 bridgehead atoms. The minimum atomic E-state index is -0.341. The minimum Gasteiger partial charge on any atom is -0.449 e. The first kappa shape index (κ1) is 24.3. The second kappa shape index (κ2) is 8.94. The van der Waals surface area contributed by atoms with Crippen LogP contribution in [0.4, 0.5) is 4.79 Å². The van der Waals surface area contributed by atoms with Gasteiger partial charge in [-0.2, -0.15) is 0 Å². The molecule has 4 saturated carbocycles. The number of rotatable bonds is 4. The van der Waals surface area contributed by atoms with Crippen LogP contribution in [0.3, 0.4) is 0 Å². The van der Waals surface area contributed by atoms with Crippen LogP contribution in [0.2, 0.25) is 0 Å². The largest absolute Gasteiger partial charge is 0.449 e. The molecule has 4 fully saturated rings. The van der Waals surface area contributed by atoms with Gasteiger partial charge in [-0.15, -0.1) is 0 Å². The van der Waals surface area contributed by atoms with Crippen LogP contribution in [0.1, 0.15) is 86.0 Å². The smallest absolute Gasteiger partial charge is 0.419 e. The Morgan fingerprint density at radius 1 is 1.15 bits per heavy atom. The zero-order valence-electron chi connectivity index (χ0n) is 22.0. The molecule has 1 N–H and O–H groups in total. The van der Waals surface area contributed by atoms with Crippen molar-refractivity contribution in [2.24, 2.45) is 58.2 Å². The SMILES string of the molecule is CC[C@H]1[C@@H](O)[C@@H]2[C@H](CC[C@]3(C)[C@@H]([C@H](C)COC(=O)n4ccnc4)CC[C@@H]23)[C@@]2(C)CC[C@@H](C)C[C@@H]12. The molecule has 5 rings (SSSR count). The van der Waals surface area contributed by atoms with Gasteiger partial charge in [0.2, 0.25) is 0 Å². The Morgan fingerprint density at radius 2 is 1.88 bits per heavy atom. The van der Waals surface area contributed by atoms with Crippen LogP contribution in [-0.2, 0) is 4.74 Å². The van der Waals surface area contributed by atoms with Crippen molar-refractivity contribution >= 4 is 6.09 Å². The number of carbonyl (C=O) groups is 1. The highest BCUT2D eigenvalue weighted by Crippen LogP contribution is 2.69. The van der Waals surface area contributed by atoms with Crippen LogP contribution in [-0.4, -0.2) is 33.5 Å². The first-order chi connectivity index (χ1) is 16.2. The van der Waals surface area contributed by atoms with Crippen molar-refractivity contribution in [1.29, 1.82) is 0 Å². The van der Waals surface area contributed by atoms with E-state index in [0.717, 1.165) is 12.3 Å². The third-order valence-corrected chi connectivity index (χ3v) is 11.6. The average Bonchev–Trinajstić information content (AvgIpc) is 3.47. The summed E-state index contributed by atoms with van der Waals surface area (Å²) in [5.41, 5.74) is 0.620. The number of aliphatic hydroxyl groups is 1. The van der Waals surface area contributed by atoms with E-state index in [1.165, 1.54) is 55.8 Å². The van der Waals surface area contributed by atoms with Crippen LogP contribution >= 0.6 is 0 Å². The van der Waals surface area contributed by atoms with Gasteiger partial charge in [0.05, 0.1) is 12.7 Å². The number of hydrogen-bond acceptors (Lipinski definition) is 4. The summed E-state index contributed by atoms with van der Waals surface area (Å²) in [6.45, 7) is 12.6. The Bertz CT molecular complexity index is 871. The van der Waals surface area contributed by atoms with Crippen molar-refractivity contribution in [3.63, 3.8) is 0 Å². The Hall–Kier alpha value is -1.36. The molecule has 0 aromatic carbocycles. The summed E-state index contributed by atoms with van der Waals surface area (Å²) in [5, 5.41) is 11.9. The average molecular weight is 471 g/mol. The van der Waals surface area contributed by atoms with E-state index in [9.17, 15) is 9.90 Å². The van der Waals surface area contributed by atoms with Crippen molar-refractivity contribution in [3.05, 3.63) is 18.7 Å². The molecule has 4 aliphatic rings. The molecule has 190 valence electrons. The Balaban J connectivity index is 1.35. The molecule has 1 heterocycles. The topological polar surface area (TPSA) is 64.3 Å². The van der Waals surface area contributed by atoms with Gasteiger partial charge in [-0.3, -0.25) is 0 Å². The summed E-state index contributed by atoms with van der Waals surface area (Å²) < 4.78 is 7.08. The second-order valence-corrected chi connectivity index (χ2v) is 13.1. The predicted molar refractivity (Wildman–Crippen MR) is 133 cm³/mol. The summed E-state index contributed by atoms with van der Waals surface area (Å²) in [7, 11) is 0. The molecule has 0 spiro atoms. The second-order valence-electron chi connectivity index (χ2n) is 13.1. The molecule has 5 heteroatoms. The van der Waals surface area contributed by atoms with Crippen LogP contribution in [0.25, 0.3) is 0 Å². The van der Waals surface area contributed by atoms with E-state index in [2.05, 4.69) is 39.6 Å². The summed E-state index contributed by atoms with van der Waals surface area (Å²) in [6.07, 6.45) is 14.3. The maximum Gasteiger partial charge on any atom is 0.419 e. The molecule has 4 aliphatic carbocycles. The lowest BCUT2D eigenvalue weighted by molar-refractivity contribution is -0.198. The van der Waals surface area contributed by atoms with Gasteiger partial charge in [0.25, 0.3) is 0 Å². The number of nitrogens with zero attached hydrogens (tertiary/aromatic N) is 2. The van der Waals surface area contributed by atoms with E-state index in [0.29, 0.717) is 53.4 Å². The molecule has 0 amide bonds. The number of imidazole rings is 1. The first-order valence-corrected chi connectivity index (χ1v) is 14.0. The molecule has 1 aromatic heterocycles. The fourth-order valence-corrected chi connectivity index (χ4v) is 9.91. The van der Waals surface area contributed by atoms with Gasteiger partial charge in [0.15, 0.2) is 0 Å². The number of fused-ring (bicyclic) bond motifs is 5. The van der Waals surface area contributed by atoms with Gasteiger partial charge in [0, 0.05) is 12.4 Å². The van der Waals surface area contributed by atoms with Crippen molar-refractivity contribution in [3.8, 4) is 0 Å². The van der Waals surface area contributed by atoms with E-state index >= 15 is 0 Å². The van der Waals surface area contributed by atoms with Gasteiger partial charge < -0.3 is 9.84 Å². The van der Waals surface area contributed by atoms with E-state index in [-0.39, 0.29) is 17.6 Å². The molecule has 5 nitrogen and oxygen atoms in total. The van der Waals surface area contributed by atoms with E-state index in [4.69, 9.17) is 4.74 Å². The van der Waals surface area contributed by atoms with Crippen molar-refractivity contribution in [1.82, 2.24) is 9.55 Å². The highest BCUT2D eigenvalue weighted by atomic mass is 16.5. The molecular weight excluding hydrogens is 424 g/mol. The van der Waals surface area contributed by atoms with E-state index in [1.54, 1.807) is 12.4 Å². The zero-order chi connectivity index (χ0) is 24.3. The molecule has 0 unspecified atom stereocenters. The number of ether oxygens (including phenoxy) is 1. The van der Waals surface area contributed by atoms with E-state index < -0.39 is 0 Å². The molecule has 0 radical (unpaired) electrons. The van der Waals surface area contributed by atoms with Gasteiger partial charge in [-0.1, -0.05) is 47.5 Å².